The van der Waals surface area contributed by atoms with Crippen molar-refractivity contribution in [1.29, 1.82) is 0 Å². The third kappa shape index (κ3) is 8.58. The molecular weight excluding hydrogens is 626 g/mol. The summed E-state index contributed by atoms with van der Waals surface area (Å²) in [6.45, 7) is 1.74. The molecule has 46 heavy (non-hydrogen) atoms. The normalized spacial score (nSPS) is 11.7. The van der Waals surface area contributed by atoms with Gasteiger partial charge in [0, 0.05) is 24.5 Å². The molecule has 0 saturated carbocycles. The summed E-state index contributed by atoms with van der Waals surface area (Å²) < 4.78 is 40.3. The molecule has 0 unspecified atom stereocenters. The van der Waals surface area contributed by atoms with Gasteiger partial charge >= 0.3 is 0 Å². The van der Waals surface area contributed by atoms with Crippen molar-refractivity contribution in [2.45, 2.75) is 37.2 Å². The number of hydrogen-bond acceptors (Lipinski definition) is 6. The molecule has 0 spiro atoms. The van der Waals surface area contributed by atoms with Crippen LogP contribution in [0.3, 0.4) is 0 Å². The van der Waals surface area contributed by atoms with Gasteiger partial charge in [-0.1, -0.05) is 79.2 Å². The zero-order valence-corrected chi connectivity index (χ0v) is 27.6. The van der Waals surface area contributed by atoms with Crippen molar-refractivity contribution in [3.8, 4) is 11.5 Å². The topological polar surface area (TPSA) is 105 Å². The van der Waals surface area contributed by atoms with E-state index in [4.69, 9.17) is 21.1 Å². The average Bonchev–Trinajstić information content (AvgIpc) is 3.08. The fraction of sp³-hybridized carbons (Fsp3) is 0.257. The van der Waals surface area contributed by atoms with E-state index in [0.717, 1.165) is 9.87 Å². The number of nitrogens with zero attached hydrogens (tertiary/aromatic N) is 2. The highest BCUT2D eigenvalue weighted by Gasteiger charge is 2.35. The molecule has 4 aromatic rings. The Kier molecular flexibility index (Phi) is 12.1. The van der Waals surface area contributed by atoms with Crippen LogP contribution in [0.15, 0.2) is 108 Å². The van der Waals surface area contributed by atoms with Crippen molar-refractivity contribution in [3.63, 3.8) is 0 Å². The zero-order valence-electron chi connectivity index (χ0n) is 26.1. The van der Waals surface area contributed by atoms with Gasteiger partial charge in [-0.25, -0.2) is 8.42 Å². The van der Waals surface area contributed by atoms with Crippen LogP contribution < -0.4 is 19.1 Å². The number of benzene rings is 4. The van der Waals surface area contributed by atoms with Crippen molar-refractivity contribution in [2.75, 3.05) is 31.6 Å². The Balaban J connectivity index is 1.85. The standard InChI is InChI=1S/C35H38ClN3O6S/c1-4-20-37-35(41)32(22-26-12-7-5-8-13-26)38(24-27-14-11-15-29(21-27)44-2)34(40)25-39(31-23-28(36)18-19-33(31)45-3)46(42,43)30-16-9-6-10-17-30/h5-19,21,23,32H,4,20,22,24-25H2,1-3H3,(H,37,41)/t32-/m1/s1. The van der Waals surface area contributed by atoms with Gasteiger partial charge in [0.25, 0.3) is 10.0 Å². The molecule has 4 rings (SSSR count). The quantitative estimate of drug-likeness (QED) is 0.175. The number of nitrogens with one attached hydrogen (secondary N) is 1. The van der Waals surface area contributed by atoms with Crippen molar-refractivity contribution < 1.29 is 27.5 Å². The summed E-state index contributed by atoms with van der Waals surface area (Å²) >= 11 is 6.34. The summed E-state index contributed by atoms with van der Waals surface area (Å²) in [5.41, 5.74) is 1.63. The Morgan fingerprint density at radius 2 is 1.52 bits per heavy atom. The number of hydrogen-bond donors (Lipinski definition) is 1. The second kappa shape index (κ2) is 16.1. The molecule has 0 aliphatic rings. The number of halogens is 1. The first-order chi connectivity index (χ1) is 22.2. The molecule has 11 heteroatoms. The van der Waals surface area contributed by atoms with E-state index in [1.54, 1.807) is 55.6 Å². The summed E-state index contributed by atoms with van der Waals surface area (Å²) in [6.07, 6.45) is 0.906. The highest BCUT2D eigenvalue weighted by Crippen LogP contribution is 2.35. The first-order valence-corrected chi connectivity index (χ1v) is 16.6. The van der Waals surface area contributed by atoms with Crippen LogP contribution in [0.1, 0.15) is 24.5 Å². The largest absolute Gasteiger partial charge is 0.497 e. The van der Waals surface area contributed by atoms with Crippen LogP contribution in [0.4, 0.5) is 5.69 Å². The summed E-state index contributed by atoms with van der Waals surface area (Å²) in [6, 6.07) is 28.0. The molecule has 0 saturated heterocycles. The third-order valence-corrected chi connectivity index (χ3v) is 9.34. The van der Waals surface area contributed by atoms with Crippen molar-refractivity contribution >= 4 is 39.1 Å². The lowest BCUT2D eigenvalue weighted by Crippen LogP contribution is -2.53. The monoisotopic (exact) mass is 663 g/mol. The maximum absolute atomic E-state index is 14.6. The average molecular weight is 664 g/mol. The van der Waals surface area contributed by atoms with E-state index in [0.29, 0.717) is 24.3 Å². The molecule has 242 valence electrons. The molecule has 0 radical (unpaired) electrons. The van der Waals surface area contributed by atoms with Gasteiger partial charge < -0.3 is 19.7 Å². The van der Waals surface area contributed by atoms with Gasteiger partial charge in [0.2, 0.25) is 11.8 Å². The Bertz CT molecular complexity index is 1720. The minimum Gasteiger partial charge on any atom is -0.497 e. The number of carbonyl (C=O) groups excluding carboxylic acids is 2. The molecule has 0 aliphatic carbocycles. The molecule has 1 atom stereocenters. The number of anilines is 1. The molecule has 0 fully saturated rings. The fourth-order valence-electron chi connectivity index (χ4n) is 4.98. The lowest BCUT2D eigenvalue weighted by Gasteiger charge is -2.34. The fourth-order valence-corrected chi connectivity index (χ4v) is 6.58. The molecule has 4 aromatic carbocycles. The van der Waals surface area contributed by atoms with E-state index in [2.05, 4.69) is 5.32 Å². The van der Waals surface area contributed by atoms with Gasteiger partial charge in [-0.3, -0.25) is 13.9 Å². The van der Waals surface area contributed by atoms with Crippen LogP contribution in [-0.4, -0.2) is 58.5 Å². The lowest BCUT2D eigenvalue weighted by molar-refractivity contribution is -0.140. The van der Waals surface area contributed by atoms with E-state index >= 15 is 0 Å². The second-order valence-electron chi connectivity index (χ2n) is 10.5. The van der Waals surface area contributed by atoms with Gasteiger partial charge in [0.1, 0.15) is 24.1 Å². The summed E-state index contributed by atoms with van der Waals surface area (Å²) in [7, 11) is -1.36. The Morgan fingerprint density at radius 1 is 0.848 bits per heavy atom. The van der Waals surface area contributed by atoms with Crippen LogP contribution in [0, 0.1) is 0 Å². The highest BCUT2D eigenvalue weighted by molar-refractivity contribution is 7.92. The summed E-state index contributed by atoms with van der Waals surface area (Å²) in [5.74, 6) is -0.161. The minimum absolute atomic E-state index is 0.0129. The molecule has 9 nitrogen and oxygen atoms in total. The lowest BCUT2D eigenvalue weighted by atomic mass is 10.0. The number of methoxy groups -OCH3 is 2. The molecule has 1 N–H and O–H groups in total. The van der Waals surface area contributed by atoms with Gasteiger partial charge in [-0.2, -0.15) is 0 Å². The van der Waals surface area contributed by atoms with Crippen molar-refractivity contribution in [1.82, 2.24) is 10.2 Å². The number of ether oxygens (including phenoxy) is 2. The van der Waals surface area contributed by atoms with Gasteiger partial charge in [-0.15, -0.1) is 0 Å². The maximum atomic E-state index is 14.6. The molecule has 0 heterocycles. The van der Waals surface area contributed by atoms with Gasteiger partial charge in [0.15, 0.2) is 0 Å². The Hall–Kier alpha value is -4.54. The SMILES string of the molecule is CCCNC(=O)[C@@H](Cc1ccccc1)N(Cc1cccc(OC)c1)C(=O)CN(c1cc(Cl)ccc1OC)S(=O)(=O)c1ccccc1. The van der Waals surface area contributed by atoms with Crippen LogP contribution in [0.5, 0.6) is 11.5 Å². The second-order valence-corrected chi connectivity index (χ2v) is 12.8. The van der Waals surface area contributed by atoms with Crippen LogP contribution in [-0.2, 0) is 32.6 Å². The third-order valence-electron chi connectivity index (χ3n) is 7.33. The molecule has 0 bridgehead atoms. The molecule has 2 amide bonds. The van der Waals surface area contributed by atoms with Gasteiger partial charge in [0.05, 0.1) is 24.8 Å². The minimum atomic E-state index is -4.31. The van der Waals surface area contributed by atoms with E-state index < -0.39 is 28.5 Å². The predicted molar refractivity (Wildman–Crippen MR) is 180 cm³/mol. The van der Waals surface area contributed by atoms with Crippen LogP contribution >= 0.6 is 11.6 Å². The van der Waals surface area contributed by atoms with E-state index in [-0.39, 0.29) is 40.2 Å². The Morgan fingerprint density at radius 3 is 2.17 bits per heavy atom. The number of rotatable bonds is 15. The first kappa shape index (κ1) is 34.3. The zero-order chi connectivity index (χ0) is 33.1. The number of carbonyl (C=O) groups is 2. The van der Waals surface area contributed by atoms with Crippen LogP contribution in [0.2, 0.25) is 5.02 Å². The molecule has 0 aromatic heterocycles. The van der Waals surface area contributed by atoms with E-state index in [1.807, 2.05) is 43.3 Å². The van der Waals surface area contributed by atoms with E-state index in [9.17, 15) is 18.0 Å². The summed E-state index contributed by atoms with van der Waals surface area (Å²) in [4.78, 5) is 29.8. The van der Waals surface area contributed by atoms with Gasteiger partial charge in [-0.05, 0) is 60.0 Å². The number of amides is 2. The maximum Gasteiger partial charge on any atom is 0.264 e. The highest BCUT2D eigenvalue weighted by atomic mass is 35.5. The first-order valence-electron chi connectivity index (χ1n) is 14.8. The van der Waals surface area contributed by atoms with Crippen LogP contribution in [0.25, 0.3) is 0 Å². The molecule has 0 aliphatic heterocycles. The Labute approximate surface area is 275 Å². The van der Waals surface area contributed by atoms with Crippen molar-refractivity contribution in [2.24, 2.45) is 0 Å². The smallest absolute Gasteiger partial charge is 0.264 e. The van der Waals surface area contributed by atoms with E-state index in [1.165, 1.54) is 30.2 Å². The molecular formula is C35H38ClN3O6S. The summed E-state index contributed by atoms with van der Waals surface area (Å²) in [5, 5.41) is 3.19. The van der Waals surface area contributed by atoms with Crippen molar-refractivity contribution in [3.05, 3.63) is 119 Å². The predicted octanol–water partition coefficient (Wildman–Crippen LogP) is 5.72. The number of sulfonamides is 1.